The first kappa shape index (κ1) is 28.8. The molecule has 0 saturated heterocycles. The third-order valence-electron chi connectivity index (χ3n) is 7.35. The Labute approximate surface area is 257 Å². The van der Waals surface area contributed by atoms with Gasteiger partial charge in [-0.1, -0.05) is 41.6 Å². The number of furan rings is 1. The Balaban J connectivity index is 0.000000182. The maximum Gasteiger partial charge on any atom is 0.216 e. The normalized spacial score (nSPS) is 11.0. The fourth-order valence-electron chi connectivity index (χ4n) is 4.69. The van der Waals surface area contributed by atoms with E-state index in [1.54, 1.807) is 11.3 Å². The minimum absolute atomic E-state index is 0. The largest absolute Gasteiger partial charge is 0.486 e. The molecule has 6 heteroatoms. The number of pyridine rings is 3. The van der Waals surface area contributed by atoms with Crippen molar-refractivity contribution in [2.24, 2.45) is 0 Å². The Hall–Kier alpha value is -3.70. The van der Waals surface area contributed by atoms with Crippen LogP contribution in [0.2, 0.25) is 0 Å². The third kappa shape index (κ3) is 5.60. The summed E-state index contributed by atoms with van der Waals surface area (Å²) >= 11 is 1.73. The SMILES string of the molecule is Cc1c[c-]c(-c2cc(C)c(C)cn2)cc1.Cc1ccc2c(n1)oc1c(-c3ccc4c(C)c(C)sc4n3)[c-]ccc12.[Ir]. The molecule has 0 saturated carbocycles. The van der Waals surface area contributed by atoms with Crippen LogP contribution >= 0.6 is 11.3 Å². The first-order chi connectivity index (χ1) is 19.3. The molecule has 5 heterocycles. The molecule has 207 valence electrons. The fourth-order valence-corrected chi connectivity index (χ4v) is 5.72. The van der Waals surface area contributed by atoms with Gasteiger partial charge in [0.05, 0.1) is 5.58 Å². The Morgan fingerprint density at radius 3 is 2.32 bits per heavy atom. The van der Waals surface area contributed by atoms with Crippen LogP contribution in [0.25, 0.3) is 54.8 Å². The summed E-state index contributed by atoms with van der Waals surface area (Å²) in [7, 11) is 0. The van der Waals surface area contributed by atoms with E-state index in [0.29, 0.717) is 5.71 Å². The molecule has 0 aliphatic carbocycles. The number of hydrogen-bond acceptors (Lipinski definition) is 5. The van der Waals surface area contributed by atoms with E-state index >= 15 is 0 Å². The number of fused-ring (bicyclic) bond motifs is 4. The van der Waals surface area contributed by atoms with Crippen LogP contribution in [0.15, 0.2) is 71.3 Å². The molecule has 0 spiro atoms. The molecule has 2 aromatic carbocycles. The summed E-state index contributed by atoms with van der Waals surface area (Å²) in [6.45, 7) is 12.5. The number of thiophene rings is 1. The Bertz CT molecular complexity index is 2020. The van der Waals surface area contributed by atoms with Crippen LogP contribution in [-0.4, -0.2) is 15.0 Å². The first-order valence-electron chi connectivity index (χ1n) is 13.3. The second-order valence-corrected chi connectivity index (χ2v) is 11.5. The van der Waals surface area contributed by atoms with Gasteiger partial charge in [-0.05, 0) is 69.3 Å². The number of rotatable bonds is 2. The second-order valence-electron chi connectivity index (χ2n) is 10.3. The molecule has 4 nitrogen and oxygen atoms in total. The predicted octanol–water partition coefficient (Wildman–Crippen LogP) is 9.45. The van der Waals surface area contributed by atoms with E-state index in [2.05, 4.69) is 93.1 Å². The summed E-state index contributed by atoms with van der Waals surface area (Å²) in [5.74, 6) is 0. The van der Waals surface area contributed by atoms with Crippen LogP contribution in [-0.2, 0) is 20.1 Å². The summed E-state index contributed by atoms with van der Waals surface area (Å²) in [6, 6.07) is 27.0. The van der Waals surface area contributed by atoms with Gasteiger partial charge in [0.2, 0.25) is 5.71 Å². The van der Waals surface area contributed by atoms with Gasteiger partial charge < -0.3 is 9.40 Å². The smallest absolute Gasteiger partial charge is 0.216 e. The maximum absolute atomic E-state index is 6.08. The van der Waals surface area contributed by atoms with Gasteiger partial charge in [0.25, 0.3) is 0 Å². The van der Waals surface area contributed by atoms with Crippen LogP contribution in [0.5, 0.6) is 0 Å². The van der Waals surface area contributed by atoms with Crippen molar-refractivity contribution in [3.05, 3.63) is 112 Å². The van der Waals surface area contributed by atoms with Crippen LogP contribution in [0.1, 0.15) is 32.8 Å². The van der Waals surface area contributed by atoms with Gasteiger partial charge in [0.15, 0.2) is 0 Å². The summed E-state index contributed by atoms with van der Waals surface area (Å²) < 4.78 is 6.08. The molecule has 0 aliphatic rings. The number of aryl methyl sites for hydroxylation is 6. The number of benzene rings is 2. The Kier molecular flexibility index (Phi) is 8.19. The molecule has 41 heavy (non-hydrogen) atoms. The Morgan fingerprint density at radius 1 is 0.756 bits per heavy atom. The first-order valence-corrected chi connectivity index (χ1v) is 14.1. The van der Waals surface area contributed by atoms with Crippen molar-refractivity contribution in [3.63, 3.8) is 0 Å². The Morgan fingerprint density at radius 2 is 1.56 bits per heavy atom. The monoisotopic (exact) mass is 732 g/mol. The van der Waals surface area contributed by atoms with Gasteiger partial charge in [0, 0.05) is 47.6 Å². The van der Waals surface area contributed by atoms with Gasteiger partial charge in [-0.3, -0.25) is 4.98 Å². The van der Waals surface area contributed by atoms with E-state index in [1.807, 2.05) is 37.4 Å². The molecule has 7 rings (SSSR count). The van der Waals surface area contributed by atoms with E-state index in [4.69, 9.17) is 9.40 Å². The molecule has 0 fully saturated rings. The molecule has 0 N–H and O–H groups in total. The molecule has 0 aliphatic heterocycles. The third-order valence-corrected chi connectivity index (χ3v) is 8.47. The van der Waals surface area contributed by atoms with E-state index < -0.39 is 0 Å². The minimum atomic E-state index is 0. The number of hydrogen-bond donors (Lipinski definition) is 0. The van der Waals surface area contributed by atoms with Gasteiger partial charge in [0.1, 0.15) is 4.83 Å². The van der Waals surface area contributed by atoms with Crippen molar-refractivity contribution in [1.29, 1.82) is 0 Å². The van der Waals surface area contributed by atoms with Crippen molar-refractivity contribution < 1.29 is 24.5 Å². The van der Waals surface area contributed by atoms with E-state index in [-0.39, 0.29) is 20.1 Å². The summed E-state index contributed by atoms with van der Waals surface area (Å²) in [5.41, 5.74) is 11.3. The molecule has 0 amide bonds. The van der Waals surface area contributed by atoms with Gasteiger partial charge in [-0.2, -0.15) is 0 Å². The zero-order valence-corrected chi connectivity index (χ0v) is 27.1. The quantitative estimate of drug-likeness (QED) is 0.166. The van der Waals surface area contributed by atoms with Crippen LogP contribution in [0.4, 0.5) is 0 Å². The fraction of sp³-hybridized carbons (Fsp3) is 0.171. The number of nitrogens with zero attached hydrogens (tertiary/aromatic N) is 3. The molecule has 0 unspecified atom stereocenters. The van der Waals surface area contributed by atoms with E-state index in [1.165, 1.54) is 32.5 Å². The molecular weight excluding hydrogens is 703 g/mol. The zero-order valence-electron chi connectivity index (χ0n) is 23.8. The summed E-state index contributed by atoms with van der Waals surface area (Å²) in [5, 5.41) is 3.30. The van der Waals surface area contributed by atoms with Gasteiger partial charge >= 0.3 is 0 Å². The molecule has 5 aromatic heterocycles. The minimum Gasteiger partial charge on any atom is -0.486 e. The van der Waals surface area contributed by atoms with Crippen LogP contribution < -0.4 is 0 Å². The molecular formula is C35H29IrN3OS-2. The summed E-state index contributed by atoms with van der Waals surface area (Å²) in [6.07, 6.45) is 1.92. The van der Waals surface area contributed by atoms with E-state index in [0.717, 1.165) is 49.4 Å². The standard InChI is InChI=1S/C21H15N2OS.C14H14N.Ir/c1-11-7-8-16-15-5-4-6-17(19(15)24-20(16)22-11)18-10-9-14-12(2)13(3)25-21(14)23-18;1-10-4-6-13(7-5-10)14-8-11(2)12(3)9-15-14;/h4-5,7-10H,1-3H3;4-6,8-9H,1-3H3;/q2*-1;. The molecule has 0 atom stereocenters. The number of aromatic nitrogens is 3. The van der Waals surface area contributed by atoms with Crippen molar-refractivity contribution in [2.75, 3.05) is 0 Å². The van der Waals surface area contributed by atoms with Crippen molar-refractivity contribution in [3.8, 4) is 22.5 Å². The second kappa shape index (κ2) is 11.7. The zero-order chi connectivity index (χ0) is 28.0. The summed E-state index contributed by atoms with van der Waals surface area (Å²) in [4.78, 5) is 16.2. The maximum atomic E-state index is 6.08. The van der Waals surface area contributed by atoms with Crippen LogP contribution in [0.3, 0.4) is 0 Å². The topological polar surface area (TPSA) is 51.8 Å². The van der Waals surface area contributed by atoms with Crippen molar-refractivity contribution >= 4 is 43.6 Å². The van der Waals surface area contributed by atoms with Crippen molar-refractivity contribution in [2.45, 2.75) is 41.5 Å². The molecule has 7 aromatic rings. The molecule has 1 radical (unpaired) electrons. The van der Waals surface area contributed by atoms with Crippen molar-refractivity contribution in [1.82, 2.24) is 15.0 Å². The molecule has 0 bridgehead atoms. The van der Waals surface area contributed by atoms with Crippen LogP contribution in [0, 0.1) is 53.7 Å². The average molecular weight is 732 g/mol. The average Bonchev–Trinajstić information content (AvgIpc) is 3.46. The van der Waals surface area contributed by atoms with Gasteiger partial charge in [-0.25, -0.2) is 4.98 Å². The van der Waals surface area contributed by atoms with E-state index in [9.17, 15) is 0 Å². The van der Waals surface area contributed by atoms with Gasteiger partial charge in [-0.15, -0.1) is 64.9 Å². The predicted molar refractivity (Wildman–Crippen MR) is 166 cm³/mol.